The molecule has 2 aromatic carbocycles. The minimum atomic E-state index is -0.499. The van der Waals surface area contributed by atoms with Crippen molar-refractivity contribution in [2.75, 3.05) is 5.32 Å². The first-order chi connectivity index (χ1) is 13.4. The van der Waals surface area contributed by atoms with Gasteiger partial charge in [0.1, 0.15) is 11.3 Å². The van der Waals surface area contributed by atoms with Crippen LogP contribution in [0.25, 0.3) is 11.0 Å². The highest BCUT2D eigenvalue weighted by molar-refractivity contribution is 5.97. The first kappa shape index (κ1) is 19.7. The van der Waals surface area contributed by atoms with Gasteiger partial charge in [0, 0.05) is 5.69 Å². The predicted octanol–water partition coefficient (Wildman–Crippen LogP) is 4.47. The Balaban J connectivity index is 1.66. The molecule has 0 aliphatic carbocycles. The second-order valence-corrected chi connectivity index (χ2v) is 7.17. The summed E-state index contributed by atoms with van der Waals surface area (Å²) in [5.74, 6) is 0.0624. The second kappa shape index (κ2) is 8.74. The number of carbonyl (C=O) groups excluding carboxylic acids is 1. The Morgan fingerprint density at radius 3 is 2.71 bits per heavy atom. The van der Waals surface area contributed by atoms with Crippen LogP contribution in [0.3, 0.4) is 0 Å². The van der Waals surface area contributed by atoms with Gasteiger partial charge in [-0.1, -0.05) is 38.1 Å². The number of carbonyl (C=O) groups is 1. The highest BCUT2D eigenvalue weighted by Crippen LogP contribution is 2.27. The number of rotatable bonds is 7. The molecule has 5 nitrogen and oxygen atoms in total. The van der Waals surface area contributed by atoms with E-state index in [0.717, 1.165) is 11.3 Å². The van der Waals surface area contributed by atoms with Gasteiger partial charge in [0.2, 0.25) is 5.91 Å². The van der Waals surface area contributed by atoms with Gasteiger partial charge in [-0.3, -0.25) is 4.79 Å². The molecule has 0 fully saturated rings. The Morgan fingerprint density at radius 1 is 1.14 bits per heavy atom. The summed E-state index contributed by atoms with van der Waals surface area (Å²) in [6.07, 6.45) is 3.43. The van der Waals surface area contributed by atoms with Crippen LogP contribution in [0.15, 0.2) is 57.7 Å². The lowest BCUT2D eigenvalue weighted by atomic mass is 10.0. The molecular weight excluding hydrogens is 354 g/mol. The van der Waals surface area contributed by atoms with Crippen molar-refractivity contribution in [3.05, 3.63) is 76.5 Å². The number of aromatic hydroxyl groups is 1. The van der Waals surface area contributed by atoms with E-state index in [1.54, 1.807) is 30.7 Å². The number of hydrogen-bond acceptors (Lipinski definition) is 4. The SMILES string of the molecule is CC(C)[CH]C(=O)Nc1cccc(CCCc2c(O)c3ccccc3oc2=O)c1. The molecule has 0 saturated carbocycles. The summed E-state index contributed by atoms with van der Waals surface area (Å²) in [6.45, 7) is 3.91. The van der Waals surface area contributed by atoms with E-state index in [9.17, 15) is 14.7 Å². The maximum atomic E-state index is 12.2. The lowest BCUT2D eigenvalue weighted by Crippen LogP contribution is -2.14. The number of fused-ring (bicyclic) bond motifs is 1. The van der Waals surface area contributed by atoms with Gasteiger partial charge >= 0.3 is 5.63 Å². The van der Waals surface area contributed by atoms with Gasteiger partial charge in [-0.2, -0.15) is 0 Å². The highest BCUT2D eigenvalue weighted by Gasteiger charge is 2.13. The van der Waals surface area contributed by atoms with E-state index in [2.05, 4.69) is 5.32 Å². The lowest BCUT2D eigenvalue weighted by molar-refractivity contribution is -0.113. The Bertz CT molecular complexity index is 1040. The van der Waals surface area contributed by atoms with Crippen LogP contribution in [0.5, 0.6) is 5.75 Å². The van der Waals surface area contributed by atoms with Crippen LogP contribution in [0.2, 0.25) is 0 Å². The normalized spacial score (nSPS) is 11.1. The molecule has 1 amide bonds. The standard InChI is InChI=1S/C23H24NO4/c1-15(2)13-21(25)24-17-9-5-7-16(14-17)8-6-11-19-22(26)18-10-3-4-12-20(18)28-23(19)27/h3-5,7,9-10,12-15,26H,6,8,11H2,1-2H3,(H,24,25). The summed E-state index contributed by atoms with van der Waals surface area (Å²) < 4.78 is 5.30. The summed E-state index contributed by atoms with van der Waals surface area (Å²) in [7, 11) is 0. The van der Waals surface area contributed by atoms with E-state index in [-0.39, 0.29) is 17.6 Å². The minimum Gasteiger partial charge on any atom is -0.507 e. The molecule has 5 heteroatoms. The summed E-state index contributed by atoms with van der Waals surface area (Å²) in [5.41, 5.74) is 1.98. The van der Waals surface area contributed by atoms with Crippen LogP contribution in [-0.4, -0.2) is 11.0 Å². The molecule has 0 aliphatic rings. The zero-order valence-electron chi connectivity index (χ0n) is 16.1. The van der Waals surface area contributed by atoms with Gasteiger partial charge < -0.3 is 14.8 Å². The molecule has 3 rings (SSSR count). The van der Waals surface area contributed by atoms with Crippen molar-refractivity contribution < 1.29 is 14.3 Å². The fraction of sp³-hybridized carbons (Fsp3) is 0.261. The third-order valence-corrected chi connectivity index (χ3v) is 4.45. The highest BCUT2D eigenvalue weighted by atomic mass is 16.4. The van der Waals surface area contributed by atoms with Gasteiger partial charge in [-0.05, 0) is 55.0 Å². The Kier molecular flexibility index (Phi) is 6.14. The molecule has 1 aromatic heterocycles. The zero-order chi connectivity index (χ0) is 20.1. The quantitative estimate of drug-likeness (QED) is 0.595. The summed E-state index contributed by atoms with van der Waals surface area (Å²) in [5, 5.41) is 13.8. The van der Waals surface area contributed by atoms with Gasteiger partial charge in [0.25, 0.3) is 0 Å². The molecule has 145 valence electrons. The Morgan fingerprint density at radius 2 is 1.93 bits per heavy atom. The van der Waals surface area contributed by atoms with E-state index < -0.39 is 5.63 Å². The predicted molar refractivity (Wildman–Crippen MR) is 110 cm³/mol. The molecular formula is C23H24NO4. The van der Waals surface area contributed by atoms with Crippen LogP contribution in [-0.2, 0) is 17.6 Å². The molecule has 0 saturated heterocycles. The van der Waals surface area contributed by atoms with Crippen molar-refractivity contribution in [1.82, 2.24) is 0 Å². The van der Waals surface area contributed by atoms with Gasteiger partial charge in [-0.15, -0.1) is 0 Å². The maximum Gasteiger partial charge on any atom is 0.343 e. The number of aryl methyl sites for hydroxylation is 1. The van der Waals surface area contributed by atoms with Crippen molar-refractivity contribution in [2.45, 2.75) is 33.1 Å². The fourth-order valence-corrected chi connectivity index (χ4v) is 3.15. The molecule has 28 heavy (non-hydrogen) atoms. The van der Waals surface area contributed by atoms with E-state index >= 15 is 0 Å². The van der Waals surface area contributed by atoms with E-state index in [1.807, 2.05) is 38.1 Å². The van der Waals surface area contributed by atoms with Crippen molar-refractivity contribution in [1.29, 1.82) is 0 Å². The third-order valence-electron chi connectivity index (χ3n) is 4.45. The Labute approximate surface area is 164 Å². The third kappa shape index (κ3) is 4.80. The number of benzene rings is 2. The zero-order valence-corrected chi connectivity index (χ0v) is 16.1. The average molecular weight is 378 g/mol. The second-order valence-electron chi connectivity index (χ2n) is 7.17. The Hall–Kier alpha value is -3.08. The molecule has 0 aliphatic heterocycles. The van der Waals surface area contributed by atoms with Crippen molar-refractivity contribution in [3.8, 4) is 5.75 Å². The van der Waals surface area contributed by atoms with E-state index in [0.29, 0.717) is 35.8 Å². The van der Waals surface area contributed by atoms with E-state index in [1.165, 1.54) is 0 Å². The number of amides is 1. The minimum absolute atomic E-state index is 0.00270. The largest absolute Gasteiger partial charge is 0.507 e. The lowest BCUT2D eigenvalue weighted by Gasteiger charge is -2.09. The van der Waals surface area contributed by atoms with Crippen LogP contribution < -0.4 is 10.9 Å². The van der Waals surface area contributed by atoms with Gasteiger partial charge in [-0.25, -0.2) is 4.79 Å². The van der Waals surface area contributed by atoms with Crippen LogP contribution in [0.4, 0.5) is 5.69 Å². The number of nitrogens with one attached hydrogen (secondary N) is 1. The number of anilines is 1. The van der Waals surface area contributed by atoms with E-state index in [4.69, 9.17) is 4.42 Å². The average Bonchev–Trinajstić information content (AvgIpc) is 2.64. The summed E-state index contributed by atoms with van der Waals surface area (Å²) in [4.78, 5) is 24.1. The molecule has 0 bridgehead atoms. The smallest absolute Gasteiger partial charge is 0.343 e. The van der Waals surface area contributed by atoms with Gasteiger partial charge in [0.05, 0.1) is 17.4 Å². The monoisotopic (exact) mass is 378 g/mol. The number of para-hydroxylation sites is 1. The van der Waals surface area contributed by atoms with Crippen molar-refractivity contribution in [3.63, 3.8) is 0 Å². The molecule has 2 N–H and O–H groups in total. The molecule has 3 aromatic rings. The first-order valence-corrected chi connectivity index (χ1v) is 9.42. The molecule has 0 spiro atoms. The van der Waals surface area contributed by atoms with Crippen molar-refractivity contribution >= 4 is 22.6 Å². The molecule has 1 heterocycles. The molecule has 0 atom stereocenters. The number of hydrogen-bond donors (Lipinski definition) is 2. The maximum absolute atomic E-state index is 12.2. The van der Waals surface area contributed by atoms with Crippen LogP contribution in [0.1, 0.15) is 31.4 Å². The summed E-state index contributed by atoms with van der Waals surface area (Å²) in [6, 6.07) is 14.6. The topological polar surface area (TPSA) is 79.5 Å². The van der Waals surface area contributed by atoms with Gasteiger partial charge in [0.15, 0.2) is 0 Å². The summed E-state index contributed by atoms with van der Waals surface area (Å²) >= 11 is 0. The first-order valence-electron chi connectivity index (χ1n) is 9.42. The van der Waals surface area contributed by atoms with Crippen LogP contribution in [0, 0.1) is 12.3 Å². The molecule has 0 unspecified atom stereocenters. The van der Waals surface area contributed by atoms with Crippen LogP contribution >= 0.6 is 0 Å². The molecule has 1 radical (unpaired) electrons. The fourth-order valence-electron chi connectivity index (χ4n) is 3.15. The van der Waals surface area contributed by atoms with Crippen molar-refractivity contribution in [2.24, 2.45) is 5.92 Å².